The van der Waals surface area contributed by atoms with Crippen LogP contribution in [0.2, 0.25) is 0 Å². The van der Waals surface area contributed by atoms with Gasteiger partial charge in [0, 0.05) is 6.54 Å². The quantitative estimate of drug-likeness (QED) is 0.698. The maximum absolute atomic E-state index is 12.3. The van der Waals surface area contributed by atoms with E-state index in [4.69, 9.17) is 14.0 Å². The maximum Gasteiger partial charge on any atom is 0.482 e. The number of carbonyl (C=O) groups excluding carboxylic acids is 1. The van der Waals surface area contributed by atoms with Crippen LogP contribution in [0.5, 0.6) is 0 Å². The molecule has 2 fully saturated rings. The zero-order valence-electron chi connectivity index (χ0n) is 14.4. The fourth-order valence-corrected chi connectivity index (χ4v) is 2.67. The third-order valence-corrected chi connectivity index (χ3v) is 4.51. The number of hydrogen-bond donors (Lipinski definition) is 0. The highest BCUT2D eigenvalue weighted by molar-refractivity contribution is 6.48. The first-order valence-electron chi connectivity index (χ1n) is 7.78. The van der Waals surface area contributed by atoms with Crippen molar-refractivity contribution in [3.63, 3.8) is 0 Å². The average Bonchev–Trinajstić information content (AvgIpc) is 2.79. The second-order valence-electron chi connectivity index (χ2n) is 8.01. The minimum Gasteiger partial charge on any atom is -0.444 e. The van der Waals surface area contributed by atoms with E-state index in [1.807, 2.05) is 48.5 Å². The summed E-state index contributed by atoms with van der Waals surface area (Å²) in [6.07, 6.45) is 1.56. The summed E-state index contributed by atoms with van der Waals surface area (Å²) in [6.45, 7) is 14.4. The van der Waals surface area contributed by atoms with E-state index in [0.29, 0.717) is 6.54 Å². The molecule has 0 aromatic heterocycles. The minimum atomic E-state index is -0.486. The monoisotopic (exact) mass is 297 g/mol. The third-order valence-electron chi connectivity index (χ3n) is 4.51. The summed E-state index contributed by atoms with van der Waals surface area (Å²) in [7, 11) is -0.384. The molecule has 2 rings (SSSR count). The summed E-state index contributed by atoms with van der Waals surface area (Å²) in [5, 5.41) is 0. The van der Waals surface area contributed by atoms with Crippen molar-refractivity contribution in [2.24, 2.45) is 0 Å². The van der Waals surface area contributed by atoms with E-state index in [-0.39, 0.29) is 30.4 Å². The van der Waals surface area contributed by atoms with Gasteiger partial charge in [0.2, 0.25) is 0 Å². The molecule has 5 nitrogen and oxygen atoms in total. The van der Waals surface area contributed by atoms with Crippen molar-refractivity contribution in [3.8, 4) is 0 Å². The molecule has 1 amide bonds. The van der Waals surface area contributed by atoms with Crippen molar-refractivity contribution in [3.05, 3.63) is 0 Å². The standard InChI is InChI=1S/C15H28BNO4/c1-13(2,3)19-12(18)17-10-8-9-11(17)16-20-14(4,5)15(6,7)21-16/h11H,8-10H2,1-7H3. The Labute approximate surface area is 128 Å². The molecule has 0 aromatic rings. The van der Waals surface area contributed by atoms with E-state index >= 15 is 0 Å². The van der Waals surface area contributed by atoms with E-state index in [2.05, 4.69) is 0 Å². The predicted octanol–water partition coefficient (Wildman–Crippen LogP) is 3.02. The highest BCUT2D eigenvalue weighted by Crippen LogP contribution is 2.40. The fraction of sp³-hybridized carbons (Fsp3) is 0.933. The molecular weight excluding hydrogens is 269 g/mol. The molecule has 0 spiro atoms. The van der Waals surface area contributed by atoms with Crippen molar-refractivity contribution in [2.45, 2.75) is 84.1 Å². The van der Waals surface area contributed by atoms with Crippen molar-refractivity contribution >= 4 is 13.2 Å². The predicted molar refractivity (Wildman–Crippen MR) is 82.0 cm³/mol. The molecule has 2 heterocycles. The summed E-state index contributed by atoms with van der Waals surface area (Å²) in [5.74, 6) is -0.0686. The van der Waals surface area contributed by atoms with Crippen LogP contribution in [0.3, 0.4) is 0 Å². The van der Waals surface area contributed by atoms with Crippen LogP contribution in [0.4, 0.5) is 4.79 Å². The first-order chi connectivity index (χ1) is 9.43. The van der Waals surface area contributed by atoms with E-state index in [1.165, 1.54) is 0 Å². The van der Waals surface area contributed by atoms with Crippen molar-refractivity contribution in [1.82, 2.24) is 4.90 Å². The molecule has 2 saturated heterocycles. The van der Waals surface area contributed by atoms with Crippen LogP contribution in [0.25, 0.3) is 0 Å². The van der Waals surface area contributed by atoms with Gasteiger partial charge in [-0.2, -0.15) is 0 Å². The highest BCUT2D eigenvalue weighted by atomic mass is 16.7. The molecule has 0 N–H and O–H groups in total. The zero-order chi connectivity index (χ0) is 16.1. The SMILES string of the molecule is CC(C)(C)OC(=O)N1CCCC1B1OC(C)(C)C(C)(C)O1. The molecule has 0 bridgehead atoms. The summed E-state index contributed by atoms with van der Waals surface area (Å²) in [6, 6.07) is 0. The molecule has 0 aliphatic carbocycles. The molecule has 2 aliphatic heterocycles. The zero-order valence-corrected chi connectivity index (χ0v) is 14.4. The second kappa shape index (κ2) is 5.16. The summed E-state index contributed by atoms with van der Waals surface area (Å²) >= 11 is 0. The topological polar surface area (TPSA) is 48.0 Å². The highest BCUT2D eigenvalue weighted by Gasteiger charge is 2.56. The number of hydrogen-bond acceptors (Lipinski definition) is 4. The Balaban J connectivity index is 2.08. The number of rotatable bonds is 1. The molecule has 120 valence electrons. The van der Waals surface area contributed by atoms with Gasteiger partial charge in [0.05, 0.1) is 17.1 Å². The Kier molecular flexibility index (Phi) is 4.09. The number of ether oxygens (including phenoxy) is 1. The van der Waals surface area contributed by atoms with Crippen LogP contribution in [-0.2, 0) is 14.0 Å². The molecule has 0 saturated carbocycles. The van der Waals surface area contributed by atoms with E-state index in [1.54, 1.807) is 4.90 Å². The smallest absolute Gasteiger partial charge is 0.444 e. The first-order valence-corrected chi connectivity index (χ1v) is 7.78. The normalized spacial score (nSPS) is 28.0. The van der Waals surface area contributed by atoms with E-state index < -0.39 is 5.60 Å². The second-order valence-corrected chi connectivity index (χ2v) is 8.01. The third kappa shape index (κ3) is 3.37. The molecule has 1 atom stereocenters. The molecule has 2 aliphatic rings. The summed E-state index contributed by atoms with van der Waals surface area (Å²) in [4.78, 5) is 14.1. The van der Waals surface area contributed by atoms with Gasteiger partial charge in [0.15, 0.2) is 0 Å². The van der Waals surface area contributed by atoms with Crippen molar-refractivity contribution in [2.75, 3.05) is 6.54 Å². The Morgan fingerprint density at radius 3 is 2.19 bits per heavy atom. The van der Waals surface area contributed by atoms with Gasteiger partial charge in [-0.1, -0.05) is 0 Å². The van der Waals surface area contributed by atoms with Crippen LogP contribution < -0.4 is 0 Å². The number of nitrogens with zero attached hydrogens (tertiary/aromatic N) is 1. The Hall–Kier alpha value is -0.745. The van der Waals surface area contributed by atoms with Crippen LogP contribution in [0, 0.1) is 0 Å². The molecular formula is C15H28BNO4. The fourth-order valence-electron chi connectivity index (χ4n) is 2.67. The molecule has 1 unspecified atom stereocenters. The lowest BCUT2D eigenvalue weighted by Gasteiger charge is -2.32. The van der Waals surface area contributed by atoms with Crippen LogP contribution in [0.15, 0.2) is 0 Å². The lowest BCUT2D eigenvalue weighted by Crippen LogP contribution is -2.48. The Morgan fingerprint density at radius 1 is 1.19 bits per heavy atom. The van der Waals surface area contributed by atoms with E-state index in [9.17, 15) is 4.79 Å². The number of amides is 1. The molecule has 0 radical (unpaired) electrons. The van der Waals surface area contributed by atoms with Crippen molar-refractivity contribution < 1.29 is 18.8 Å². The van der Waals surface area contributed by atoms with Crippen LogP contribution in [0.1, 0.15) is 61.3 Å². The lowest BCUT2D eigenvalue weighted by molar-refractivity contribution is 0.00578. The Bertz CT molecular complexity index is 400. The first kappa shape index (κ1) is 16.6. The average molecular weight is 297 g/mol. The van der Waals surface area contributed by atoms with Gasteiger partial charge in [-0.25, -0.2) is 4.79 Å². The van der Waals surface area contributed by atoms with Gasteiger partial charge in [-0.3, -0.25) is 0 Å². The minimum absolute atomic E-state index is 0.0686. The van der Waals surface area contributed by atoms with Gasteiger partial charge in [0.1, 0.15) is 5.60 Å². The van der Waals surface area contributed by atoms with Gasteiger partial charge in [0.25, 0.3) is 0 Å². The van der Waals surface area contributed by atoms with Crippen LogP contribution in [-0.4, -0.2) is 47.4 Å². The lowest BCUT2D eigenvalue weighted by atomic mass is 9.77. The van der Waals surface area contributed by atoms with E-state index in [0.717, 1.165) is 12.8 Å². The van der Waals surface area contributed by atoms with Gasteiger partial charge >= 0.3 is 13.2 Å². The van der Waals surface area contributed by atoms with Gasteiger partial charge in [-0.05, 0) is 61.3 Å². The molecule has 6 heteroatoms. The van der Waals surface area contributed by atoms with Crippen LogP contribution >= 0.6 is 0 Å². The Morgan fingerprint density at radius 2 is 1.71 bits per heavy atom. The summed E-state index contributed by atoms with van der Waals surface area (Å²) < 4.78 is 17.7. The largest absolute Gasteiger partial charge is 0.482 e. The summed E-state index contributed by atoms with van der Waals surface area (Å²) in [5.41, 5.74) is -1.24. The number of carbonyl (C=O) groups is 1. The maximum atomic E-state index is 12.3. The van der Waals surface area contributed by atoms with Gasteiger partial charge in [-0.15, -0.1) is 0 Å². The molecule has 21 heavy (non-hydrogen) atoms. The number of likely N-dealkylation sites (tertiary alicyclic amines) is 1. The van der Waals surface area contributed by atoms with Crippen molar-refractivity contribution in [1.29, 1.82) is 0 Å². The van der Waals surface area contributed by atoms with Gasteiger partial charge < -0.3 is 18.9 Å². The molecule has 0 aromatic carbocycles.